The van der Waals surface area contributed by atoms with Crippen molar-refractivity contribution in [2.45, 2.75) is 39.0 Å². The molecule has 0 bridgehead atoms. The van der Waals surface area contributed by atoms with E-state index in [9.17, 15) is 4.79 Å². The highest BCUT2D eigenvalue weighted by atomic mass is 16.5. The second-order valence-corrected chi connectivity index (χ2v) is 6.17. The standard InChI is InChI=1S/C18H28N2O2/c1-4-18(5-2,13-19)17(21)20-11-10-14(12-20)15-8-6-7-9-16(15)22-3/h6-9,14H,4-5,10-13,19H2,1-3H3. The highest BCUT2D eigenvalue weighted by Gasteiger charge is 2.40. The third-order valence-corrected chi connectivity index (χ3v) is 5.25. The Bertz CT molecular complexity index is 503. The monoisotopic (exact) mass is 304 g/mol. The van der Waals surface area contributed by atoms with Gasteiger partial charge in [-0.15, -0.1) is 0 Å². The Labute approximate surface area is 133 Å². The second-order valence-electron chi connectivity index (χ2n) is 6.17. The number of benzene rings is 1. The van der Waals surface area contributed by atoms with Gasteiger partial charge in [0.25, 0.3) is 0 Å². The van der Waals surface area contributed by atoms with Gasteiger partial charge >= 0.3 is 0 Å². The van der Waals surface area contributed by atoms with Crippen LogP contribution in [-0.2, 0) is 4.79 Å². The molecule has 1 saturated heterocycles. The zero-order valence-corrected chi connectivity index (χ0v) is 14.0. The van der Waals surface area contributed by atoms with Crippen molar-refractivity contribution in [3.8, 4) is 5.75 Å². The summed E-state index contributed by atoms with van der Waals surface area (Å²) in [5.74, 6) is 1.49. The van der Waals surface area contributed by atoms with Gasteiger partial charge < -0.3 is 15.4 Å². The lowest BCUT2D eigenvalue weighted by Crippen LogP contribution is -2.46. The van der Waals surface area contributed by atoms with Gasteiger partial charge in [-0.25, -0.2) is 0 Å². The van der Waals surface area contributed by atoms with Gasteiger partial charge in [-0.1, -0.05) is 32.0 Å². The topological polar surface area (TPSA) is 55.6 Å². The van der Waals surface area contributed by atoms with Crippen LogP contribution in [0.2, 0.25) is 0 Å². The summed E-state index contributed by atoms with van der Waals surface area (Å²) in [5.41, 5.74) is 6.73. The van der Waals surface area contributed by atoms with Crippen molar-refractivity contribution in [1.82, 2.24) is 4.90 Å². The summed E-state index contributed by atoms with van der Waals surface area (Å²) < 4.78 is 5.46. The molecule has 1 aromatic rings. The Morgan fingerprint density at radius 2 is 2.05 bits per heavy atom. The molecule has 22 heavy (non-hydrogen) atoms. The van der Waals surface area contributed by atoms with E-state index in [1.807, 2.05) is 23.1 Å². The Kier molecular flexibility index (Phi) is 5.46. The summed E-state index contributed by atoms with van der Waals surface area (Å²) in [6, 6.07) is 8.10. The number of amides is 1. The van der Waals surface area contributed by atoms with Gasteiger partial charge in [0.05, 0.1) is 12.5 Å². The largest absolute Gasteiger partial charge is 0.496 e. The summed E-state index contributed by atoms with van der Waals surface area (Å²) in [7, 11) is 1.70. The summed E-state index contributed by atoms with van der Waals surface area (Å²) in [4.78, 5) is 14.9. The molecule has 2 N–H and O–H groups in total. The van der Waals surface area contributed by atoms with Crippen LogP contribution in [0.25, 0.3) is 0 Å². The molecule has 4 nitrogen and oxygen atoms in total. The Morgan fingerprint density at radius 3 is 2.64 bits per heavy atom. The SMILES string of the molecule is CCC(CC)(CN)C(=O)N1CCC(c2ccccc2OC)C1. The fraction of sp³-hybridized carbons (Fsp3) is 0.611. The molecule has 0 saturated carbocycles. The maximum absolute atomic E-state index is 12.9. The first-order valence-electron chi connectivity index (χ1n) is 8.24. The zero-order valence-electron chi connectivity index (χ0n) is 14.0. The Morgan fingerprint density at radius 1 is 1.36 bits per heavy atom. The van der Waals surface area contributed by atoms with Crippen molar-refractivity contribution in [3.63, 3.8) is 0 Å². The summed E-state index contributed by atoms with van der Waals surface area (Å²) >= 11 is 0. The molecule has 2 rings (SSSR count). The van der Waals surface area contributed by atoms with Gasteiger partial charge in [-0.2, -0.15) is 0 Å². The van der Waals surface area contributed by atoms with Crippen molar-refractivity contribution >= 4 is 5.91 Å². The number of carbonyl (C=O) groups is 1. The molecule has 1 atom stereocenters. The van der Waals surface area contributed by atoms with E-state index < -0.39 is 5.41 Å². The molecule has 1 aliphatic heterocycles. The molecule has 1 unspecified atom stereocenters. The normalized spacial score (nSPS) is 18.5. The van der Waals surface area contributed by atoms with E-state index in [2.05, 4.69) is 19.9 Å². The molecule has 1 amide bonds. The van der Waals surface area contributed by atoms with E-state index in [1.54, 1.807) is 7.11 Å². The minimum absolute atomic E-state index is 0.220. The number of hydrogen-bond donors (Lipinski definition) is 1. The number of hydrogen-bond acceptors (Lipinski definition) is 3. The van der Waals surface area contributed by atoms with Crippen LogP contribution >= 0.6 is 0 Å². The van der Waals surface area contributed by atoms with E-state index in [-0.39, 0.29) is 5.91 Å². The van der Waals surface area contributed by atoms with Crippen LogP contribution in [0.1, 0.15) is 44.6 Å². The van der Waals surface area contributed by atoms with Crippen LogP contribution in [0.3, 0.4) is 0 Å². The van der Waals surface area contributed by atoms with Crippen molar-refractivity contribution < 1.29 is 9.53 Å². The average Bonchev–Trinajstić information content (AvgIpc) is 3.06. The first-order chi connectivity index (χ1) is 10.6. The molecule has 0 radical (unpaired) electrons. The first kappa shape index (κ1) is 16.8. The maximum atomic E-state index is 12.9. The van der Waals surface area contributed by atoms with E-state index in [1.165, 1.54) is 5.56 Å². The number of methoxy groups -OCH3 is 1. The van der Waals surface area contributed by atoms with Crippen LogP contribution in [0, 0.1) is 5.41 Å². The molecular formula is C18H28N2O2. The molecule has 122 valence electrons. The predicted octanol–water partition coefficient (Wildman–Crippen LogP) is 2.78. The van der Waals surface area contributed by atoms with Crippen molar-refractivity contribution in [2.75, 3.05) is 26.7 Å². The van der Waals surface area contributed by atoms with Gasteiger partial charge in [0.2, 0.25) is 5.91 Å². The van der Waals surface area contributed by atoms with Gasteiger partial charge in [-0.05, 0) is 30.9 Å². The predicted molar refractivity (Wildman–Crippen MR) is 89.0 cm³/mol. The van der Waals surface area contributed by atoms with Gasteiger partial charge in [0, 0.05) is 25.6 Å². The van der Waals surface area contributed by atoms with E-state index in [0.717, 1.165) is 38.1 Å². The molecule has 0 aromatic heterocycles. The molecule has 4 heteroatoms. The summed E-state index contributed by atoms with van der Waals surface area (Å²) in [6.45, 7) is 6.11. The molecule has 1 heterocycles. The third-order valence-electron chi connectivity index (χ3n) is 5.25. The second kappa shape index (κ2) is 7.14. The highest BCUT2D eigenvalue weighted by Crippen LogP contribution is 2.36. The van der Waals surface area contributed by atoms with Crippen molar-refractivity contribution in [1.29, 1.82) is 0 Å². The lowest BCUT2D eigenvalue weighted by molar-refractivity contribution is -0.141. The van der Waals surface area contributed by atoms with Gasteiger partial charge in [0.1, 0.15) is 5.75 Å². The molecule has 1 fully saturated rings. The number of nitrogens with zero attached hydrogens (tertiary/aromatic N) is 1. The van der Waals surface area contributed by atoms with E-state index >= 15 is 0 Å². The van der Waals surface area contributed by atoms with Gasteiger partial charge in [-0.3, -0.25) is 4.79 Å². The first-order valence-corrected chi connectivity index (χ1v) is 8.24. The van der Waals surface area contributed by atoms with Crippen molar-refractivity contribution in [2.24, 2.45) is 11.1 Å². The third kappa shape index (κ3) is 2.98. The summed E-state index contributed by atoms with van der Waals surface area (Å²) in [6.07, 6.45) is 2.59. The minimum Gasteiger partial charge on any atom is -0.496 e. The van der Waals surface area contributed by atoms with Crippen LogP contribution < -0.4 is 10.5 Å². The van der Waals surface area contributed by atoms with E-state index in [0.29, 0.717) is 12.5 Å². The average molecular weight is 304 g/mol. The molecule has 0 spiro atoms. The molecular weight excluding hydrogens is 276 g/mol. The van der Waals surface area contributed by atoms with Crippen LogP contribution in [-0.4, -0.2) is 37.6 Å². The van der Waals surface area contributed by atoms with Crippen LogP contribution in [0.5, 0.6) is 5.75 Å². The smallest absolute Gasteiger partial charge is 0.230 e. The number of carbonyl (C=O) groups excluding carboxylic acids is 1. The number of likely N-dealkylation sites (tertiary alicyclic amines) is 1. The minimum atomic E-state index is -0.393. The quantitative estimate of drug-likeness (QED) is 0.879. The number of rotatable bonds is 6. The van der Waals surface area contributed by atoms with Crippen LogP contribution in [0.15, 0.2) is 24.3 Å². The molecule has 0 aliphatic carbocycles. The number of para-hydroxylation sites is 1. The van der Waals surface area contributed by atoms with E-state index in [4.69, 9.17) is 10.5 Å². The van der Waals surface area contributed by atoms with Gasteiger partial charge in [0.15, 0.2) is 0 Å². The fourth-order valence-corrected chi connectivity index (χ4v) is 3.47. The lowest BCUT2D eigenvalue weighted by atomic mass is 9.81. The maximum Gasteiger partial charge on any atom is 0.230 e. The highest BCUT2D eigenvalue weighted by molar-refractivity contribution is 5.83. The lowest BCUT2D eigenvalue weighted by Gasteiger charge is -2.33. The van der Waals surface area contributed by atoms with Crippen LogP contribution in [0.4, 0.5) is 0 Å². The summed E-state index contributed by atoms with van der Waals surface area (Å²) in [5, 5.41) is 0. The fourth-order valence-electron chi connectivity index (χ4n) is 3.47. The Balaban J connectivity index is 2.14. The van der Waals surface area contributed by atoms with Crippen molar-refractivity contribution in [3.05, 3.63) is 29.8 Å². The molecule has 1 aromatic carbocycles. The number of ether oxygens (including phenoxy) is 1. The number of nitrogens with two attached hydrogens (primary N) is 1. The molecule has 1 aliphatic rings. The Hall–Kier alpha value is -1.55. The zero-order chi connectivity index (χ0) is 16.2.